The molecule has 1 heterocycles. The van der Waals surface area contributed by atoms with Gasteiger partial charge in [-0.2, -0.15) is 4.31 Å². The van der Waals surface area contributed by atoms with Crippen molar-refractivity contribution in [2.24, 2.45) is 0 Å². The topological polar surface area (TPSA) is 97.0 Å². The van der Waals surface area contributed by atoms with Crippen LogP contribution in [0.5, 0.6) is 5.75 Å². The highest BCUT2D eigenvalue weighted by molar-refractivity contribution is 7.89. The molecule has 0 atom stereocenters. The van der Waals surface area contributed by atoms with Gasteiger partial charge in [0.1, 0.15) is 10.6 Å². The molecule has 1 amide bonds. The van der Waals surface area contributed by atoms with E-state index in [1.54, 1.807) is 30.3 Å². The van der Waals surface area contributed by atoms with Crippen molar-refractivity contribution in [2.75, 3.05) is 50.6 Å². The lowest BCUT2D eigenvalue weighted by molar-refractivity contribution is -0.114. The van der Waals surface area contributed by atoms with Gasteiger partial charge < -0.3 is 20.1 Å². The maximum atomic E-state index is 13.0. The van der Waals surface area contributed by atoms with Gasteiger partial charge in [-0.25, -0.2) is 8.42 Å². The molecule has 0 spiro atoms. The first-order valence-corrected chi connectivity index (χ1v) is 10.8. The number of anilines is 2. The highest BCUT2D eigenvalue weighted by Gasteiger charge is 2.29. The monoisotopic (exact) mass is 439 g/mol. The number of hydrogen-bond acceptors (Lipinski definition) is 6. The molecular formula is C19H22ClN3O5S. The zero-order chi connectivity index (χ0) is 20.9. The Bertz CT molecular complexity index is 978. The molecule has 2 aromatic rings. The summed E-state index contributed by atoms with van der Waals surface area (Å²) in [5.41, 5.74) is 0.984. The number of sulfonamides is 1. The Labute approximate surface area is 174 Å². The van der Waals surface area contributed by atoms with E-state index in [-0.39, 0.29) is 36.2 Å². The Balaban J connectivity index is 1.74. The van der Waals surface area contributed by atoms with E-state index >= 15 is 0 Å². The number of benzene rings is 2. The van der Waals surface area contributed by atoms with Crippen LogP contribution in [0.4, 0.5) is 11.4 Å². The Kier molecular flexibility index (Phi) is 6.96. The van der Waals surface area contributed by atoms with Crippen LogP contribution in [0, 0.1) is 0 Å². The van der Waals surface area contributed by atoms with Gasteiger partial charge >= 0.3 is 0 Å². The number of nitrogens with zero attached hydrogens (tertiary/aromatic N) is 1. The molecule has 1 aliphatic heterocycles. The molecule has 29 heavy (non-hydrogen) atoms. The predicted octanol–water partition coefficient (Wildman–Crippen LogP) is 2.42. The molecule has 1 aliphatic rings. The summed E-state index contributed by atoms with van der Waals surface area (Å²) < 4.78 is 37.8. The van der Waals surface area contributed by atoms with Crippen molar-refractivity contribution in [1.82, 2.24) is 4.31 Å². The molecule has 3 rings (SSSR count). The van der Waals surface area contributed by atoms with E-state index in [9.17, 15) is 13.2 Å². The largest absolute Gasteiger partial charge is 0.495 e. The maximum absolute atomic E-state index is 13.0. The summed E-state index contributed by atoms with van der Waals surface area (Å²) >= 11 is 6.06. The van der Waals surface area contributed by atoms with Crippen LogP contribution in [0.15, 0.2) is 47.4 Å². The lowest BCUT2D eigenvalue weighted by atomic mass is 10.3. The molecule has 10 heteroatoms. The fourth-order valence-corrected chi connectivity index (χ4v) is 4.66. The predicted molar refractivity (Wildman–Crippen MR) is 111 cm³/mol. The van der Waals surface area contributed by atoms with Crippen LogP contribution in [0.1, 0.15) is 0 Å². The number of morpholine rings is 1. The van der Waals surface area contributed by atoms with Crippen LogP contribution in [-0.4, -0.2) is 58.6 Å². The number of hydrogen-bond donors (Lipinski definition) is 2. The van der Waals surface area contributed by atoms with Crippen molar-refractivity contribution < 1.29 is 22.7 Å². The number of carbonyl (C=O) groups is 1. The van der Waals surface area contributed by atoms with Gasteiger partial charge in [0, 0.05) is 18.8 Å². The van der Waals surface area contributed by atoms with Crippen molar-refractivity contribution in [3.63, 3.8) is 0 Å². The fourth-order valence-electron chi connectivity index (χ4n) is 2.87. The van der Waals surface area contributed by atoms with Crippen molar-refractivity contribution in [2.45, 2.75) is 4.90 Å². The van der Waals surface area contributed by atoms with Gasteiger partial charge in [0.15, 0.2) is 0 Å². The lowest BCUT2D eigenvalue weighted by Gasteiger charge is -2.26. The van der Waals surface area contributed by atoms with E-state index in [1.165, 1.54) is 23.5 Å². The van der Waals surface area contributed by atoms with E-state index in [0.717, 1.165) is 0 Å². The van der Waals surface area contributed by atoms with Crippen molar-refractivity contribution in [1.29, 1.82) is 0 Å². The first kappa shape index (κ1) is 21.4. The van der Waals surface area contributed by atoms with Gasteiger partial charge in [-0.15, -0.1) is 0 Å². The molecular weight excluding hydrogens is 418 g/mol. The molecule has 0 radical (unpaired) electrons. The number of methoxy groups -OCH3 is 1. The zero-order valence-corrected chi connectivity index (χ0v) is 17.4. The van der Waals surface area contributed by atoms with Crippen molar-refractivity contribution in [3.05, 3.63) is 47.5 Å². The third kappa shape index (κ3) is 5.18. The van der Waals surface area contributed by atoms with Gasteiger partial charge in [-0.3, -0.25) is 4.79 Å². The normalized spacial score (nSPS) is 15.0. The van der Waals surface area contributed by atoms with Gasteiger partial charge in [0.25, 0.3) is 0 Å². The first-order chi connectivity index (χ1) is 13.9. The number of ether oxygens (including phenoxy) is 2. The molecule has 156 valence electrons. The molecule has 0 aliphatic carbocycles. The summed E-state index contributed by atoms with van der Waals surface area (Å²) in [5.74, 6) is -0.131. The van der Waals surface area contributed by atoms with E-state index < -0.39 is 10.0 Å². The average Bonchev–Trinajstić information content (AvgIpc) is 2.74. The van der Waals surface area contributed by atoms with Crippen LogP contribution in [0.3, 0.4) is 0 Å². The summed E-state index contributed by atoms with van der Waals surface area (Å²) in [7, 11) is -2.38. The van der Waals surface area contributed by atoms with Gasteiger partial charge in [0.2, 0.25) is 15.9 Å². The second-order valence-electron chi connectivity index (χ2n) is 6.26. The number of amides is 1. The molecule has 1 fully saturated rings. The van der Waals surface area contributed by atoms with Crippen molar-refractivity contribution >= 4 is 38.9 Å². The number of rotatable bonds is 7. The Morgan fingerprint density at radius 3 is 2.62 bits per heavy atom. The smallest absolute Gasteiger partial charge is 0.246 e. The van der Waals surface area contributed by atoms with E-state index in [1.807, 2.05) is 0 Å². The van der Waals surface area contributed by atoms with Crippen LogP contribution in [-0.2, 0) is 19.6 Å². The molecule has 2 N–H and O–H groups in total. The summed E-state index contributed by atoms with van der Waals surface area (Å²) in [6, 6.07) is 11.6. The molecule has 0 aromatic heterocycles. The number of halogens is 1. The molecule has 0 bridgehead atoms. The minimum atomic E-state index is -3.78. The third-order valence-electron chi connectivity index (χ3n) is 4.35. The van der Waals surface area contributed by atoms with Crippen LogP contribution in [0.25, 0.3) is 0 Å². The first-order valence-electron chi connectivity index (χ1n) is 8.96. The summed E-state index contributed by atoms with van der Waals surface area (Å²) in [5, 5.41) is 6.14. The second kappa shape index (κ2) is 9.45. The Hall–Kier alpha value is -2.33. The minimum Gasteiger partial charge on any atom is -0.495 e. The second-order valence-corrected chi connectivity index (χ2v) is 8.58. The minimum absolute atomic E-state index is 0.00115. The van der Waals surface area contributed by atoms with E-state index in [2.05, 4.69) is 10.6 Å². The molecule has 0 saturated carbocycles. The molecule has 0 unspecified atom stereocenters. The fraction of sp³-hybridized carbons (Fsp3) is 0.316. The number of nitrogens with one attached hydrogen (secondary N) is 2. The summed E-state index contributed by atoms with van der Waals surface area (Å²) in [4.78, 5) is 12.3. The van der Waals surface area contributed by atoms with Crippen molar-refractivity contribution in [3.8, 4) is 5.75 Å². The summed E-state index contributed by atoms with van der Waals surface area (Å²) in [6.45, 7) is 1.19. The zero-order valence-electron chi connectivity index (χ0n) is 15.9. The molecule has 1 saturated heterocycles. The van der Waals surface area contributed by atoms with Crippen LogP contribution >= 0.6 is 11.6 Å². The quantitative estimate of drug-likeness (QED) is 0.687. The van der Waals surface area contributed by atoms with Gasteiger partial charge in [-0.05, 0) is 30.3 Å². The number of carbonyl (C=O) groups excluding carboxylic acids is 1. The standard InChI is InChI=1S/C19H22ClN3O5S/c1-27-17-7-6-14(12-18(17)29(25,26)23-8-10-28-11-9-23)22-19(24)13-21-16-5-3-2-4-15(16)20/h2-7,12,21H,8-11,13H2,1H3,(H,22,24). The highest BCUT2D eigenvalue weighted by atomic mass is 35.5. The van der Waals surface area contributed by atoms with Gasteiger partial charge in [-0.1, -0.05) is 23.7 Å². The van der Waals surface area contributed by atoms with Crippen LogP contribution < -0.4 is 15.4 Å². The maximum Gasteiger partial charge on any atom is 0.246 e. The van der Waals surface area contributed by atoms with E-state index in [4.69, 9.17) is 21.1 Å². The van der Waals surface area contributed by atoms with E-state index in [0.29, 0.717) is 29.6 Å². The van der Waals surface area contributed by atoms with Crippen LogP contribution in [0.2, 0.25) is 5.02 Å². The molecule has 8 nitrogen and oxygen atoms in total. The summed E-state index contributed by atoms with van der Waals surface area (Å²) in [6.07, 6.45) is 0. The Morgan fingerprint density at radius 1 is 1.21 bits per heavy atom. The Morgan fingerprint density at radius 2 is 1.93 bits per heavy atom. The van der Waals surface area contributed by atoms with Gasteiger partial charge in [0.05, 0.1) is 37.6 Å². The lowest BCUT2D eigenvalue weighted by Crippen LogP contribution is -2.40. The third-order valence-corrected chi connectivity index (χ3v) is 6.60. The SMILES string of the molecule is COc1ccc(NC(=O)CNc2ccccc2Cl)cc1S(=O)(=O)N1CCOCC1. The number of para-hydroxylation sites is 1. The average molecular weight is 440 g/mol. The molecule has 2 aromatic carbocycles. The highest BCUT2D eigenvalue weighted by Crippen LogP contribution is 2.30.